The van der Waals surface area contributed by atoms with Crippen LogP contribution in [0.2, 0.25) is 0 Å². The summed E-state index contributed by atoms with van der Waals surface area (Å²) in [6.45, 7) is 5.66. The minimum atomic E-state index is 0.0833. The van der Waals surface area contributed by atoms with Crippen molar-refractivity contribution in [1.82, 2.24) is 0 Å². The molecule has 1 aromatic rings. The predicted octanol–water partition coefficient (Wildman–Crippen LogP) is 2.91. The van der Waals surface area contributed by atoms with Gasteiger partial charge in [0.2, 0.25) is 0 Å². The van der Waals surface area contributed by atoms with E-state index >= 15 is 0 Å². The number of carbonyl (C=O) groups excluding carboxylic acids is 1. The summed E-state index contributed by atoms with van der Waals surface area (Å²) in [7, 11) is 0. The Kier molecular flexibility index (Phi) is 3.02. The van der Waals surface area contributed by atoms with E-state index in [0.717, 1.165) is 5.56 Å². The van der Waals surface area contributed by atoms with Crippen LogP contribution in [-0.4, -0.2) is 5.78 Å². The van der Waals surface area contributed by atoms with Gasteiger partial charge < -0.3 is 0 Å². The van der Waals surface area contributed by atoms with Crippen molar-refractivity contribution >= 4 is 11.9 Å². The van der Waals surface area contributed by atoms with Crippen molar-refractivity contribution in [2.75, 3.05) is 0 Å². The van der Waals surface area contributed by atoms with Crippen LogP contribution in [0.1, 0.15) is 23.6 Å². The third kappa shape index (κ3) is 2.86. The molecule has 1 rings (SSSR count). The number of hydrogen-bond donors (Lipinski definition) is 0. The molecule has 0 aliphatic carbocycles. The van der Waals surface area contributed by atoms with Gasteiger partial charge in [-0.25, -0.2) is 0 Å². The Morgan fingerprint density at radius 3 is 2.54 bits per heavy atom. The fourth-order valence-electron chi connectivity index (χ4n) is 1.22. The van der Waals surface area contributed by atoms with Crippen LogP contribution in [0.25, 0.3) is 6.08 Å². The molecule has 0 aliphatic heterocycles. The van der Waals surface area contributed by atoms with Gasteiger partial charge in [0.05, 0.1) is 0 Å². The van der Waals surface area contributed by atoms with E-state index in [-0.39, 0.29) is 5.78 Å². The van der Waals surface area contributed by atoms with Crippen LogP contribution in [0.4, 0.5) is 0 Å². The van der Waals surface area contributed by atoms with Gasteiger partial charge in [0.15, 0.2) is 5.78 Å². The molecular weight excluding hydrogens is 160 g/mol. The molecule has 1 aromatic carbocycles. The largest absolute Gasteiger partial charge is 0.295 e. The van der Waals surface area contributed by atoms with Gasteiger partial charge >= 0.3 is 0 Å². The molecule has 0 radical (unpaired) electrons. The number of allylic oxidation sites excluding steroid dienone is 1. The van der Waals surface area contributed by atoms with Crippen molar-refractivity contribution in [2.24, 2.45) is 0 Å². The van der Waals surface area contributed by atoms with E-state index in [0.29, 0.717) is 0 Å². The maximum absolute atomic E-state index is 10.7. The van der Waals surface area contributed by atoms with Gasteiger partial charge in [0, 0.05) is 0 Å². The quantitative estimate of drug-likeness (QED) is 0.630. The summed E-state index contributed by atoms with van der Waals surface area (Å²) in [4.78, 5) is 10.7. The van der Waals surface area contributed by atoms with Crippen LogP contribution in [0, 0.1) is 13.8 Å². The van der Waals surface area contributed by atoms with Crippen LogP contribution >= 0.6 is 0 Å². The Hall–Kier alpha value is -1.37. The number of aryl methyl sites for hydroxylation is 2. The van der Waals surface area contributed by atoms with Gasteiger partial charge in [-0.1, -0.05) is 29.8 Å². The highest BCUT2D eigenvalue weighted by molar-refractivity contribution is 5.91. The monoisotopic (exact) mass is 174 g/mol. The number of hydrogen-bond acceptors (Lipinski definition) is 1. The second-order valence-corrected chi connectivity index (χ2v) is 3.30. The predicted molar refractivity (Wildman–Crippen MR) is 55.6 cm³/mol. The zero-order valence-electron chi connectivity index (χ0n) is 8.29. The fourth-order valence-corrected chi connectivity index (χ4v) is 1.22. The second-order valence-electron chi connectivity index (χ2n) is 3.30. The van der Waals surface area contributed by atoms with Crippen molar-refractivity contribution in [2.45, 2.75) is 20.8 Å². The highest BCUT2D eigenvalue weighted by Crippen LogP contribution is 2.11. The Labute approximate surface area is 79.1 Å². The summed E-state index contributed by atoms with van der Waals surface area (Å²) in [6, 6.07) is 6.19. The molecule has 0 heterocycles. The van der Waals surface area contributed by atoms with Gasteiger partial charge in [-0.05, 0) is 38.0 Å². The molecule has 0 aromatic heterocycles. The van der Waals surface area contributed by atoms with Gasteiger partial charge in [-0.2, -0.15) is 0 Å². The minimum absolute atomic E-state index is 0.0833. The number of benzene rings is 1. The summed E-state index contributed by atoms with van der Waals surface area (Å²) in [5.74, 6) is 0.0833. The molecule has 1 nitrogen and oxygen atoms in total. The van der Waals surface area contributed by atoms with E-state index in [1.54, 1.807) is 13.0 Å². The van der Waals surface area contributed by atoms with Crippen molar-refractivity contribution < 1.29 is 4.79 Å². The number of ketones is 1. The molecule has 0 spiro atoms. The fraction of sp³-hybridized carbons (Fsp3) is 0.250. The van der Waals surface area contributed by atoms with Crippen molar-refractivity contribution in [3.63, 3.8) is 0 Å². The topological polar surface area (TPSA) is 17.1 Å². The molecule has 1 heteroatoms. The molecule has 0 fully saturated rings. The number of rotatable bonds is 2. The van der Waals surface area contributed by atoms with E-state index in [1.165, 1.54) is 11.1 Å². The van der Waals surface area contributed by atoms with Gasteiger partial charge in [0.1, 0.15) is 0 Å². The third-order valence-electron chi connectivity index (χ3n) is 1.92. The summed E-state index contributed by atoms with van der Waals surface area (Å²) in [5, 5.41) is 0. The highest BCUT2D eigenvalue weighted by atomic mass is 16.1. The van der Waals surface area contributed by atoms with Crippen molar-refractivity contribution in [3.05, 3.63) is 41.0 Å². The molecule has 0 atom stereocenters. The summed E-state index contributed by atoms with van der Waals surface area (Å²) in [5.41, 5.74) is 3.57. The Bertz CT molecular complexity index is 348. The second kappa shape index (κ2) is 4.04. The van der Waals surface area contributed by atoms with E-state index < -0.39 is 0 Å². The van der Waals surface area contributed by atoms with Crippen LogP contribution in [0.5, 0.6) is 0 Å². The molecule has 0 aliphatic rings. The maximum atomic E-state index is 10.7. The first-order valence-electron chi connectivity index (χ1n) is 4.35. The van der Waals surface area contributed by atoms with Crippen LogP contribution < -0.4 is 0 Å². The zero-order valence-corrected chi connectivity index (χ0v) is 8.29. The Balaban J connectivity index is 2.96. The molecule has 0 bridgehead atoms. The highest BCUT2D eigenvalue weighted by Gasteiger charge is 1.93. The average molecular weight is 174 g/mol. The normalized spacial score (nSPS) is 10.7. The third-order valence-corrected chi connectivity index (χ3v) is 1.92. The summed E-state index contributed by atoms with van der Waals surface area (Å²) in [6.07, 6.45) is 3.45. The molecule has 0 saturated carbocycles. The van der Waals surface area contributed by atoms with Gasteiger partial charge in [-0.3, -0.25) is 4.79 Å². The van der Waals surface area contributed by atoms with Gasteiger partial charge in [-0.15, -0.1) is 0 Å². The van der Waals surface area contributed by atoms with Crippen LogP contribution in [-0.2, 0) is 4.79 Å². The lowest BCUT2D eigenvalue weighted by Crippen LogP contribution is -1.84. The average Bonchev–Trinajstić information content (AvgIpc) is 2.02. The zero-order chi connectivity index (χ0) is 9.84. The molecule has 0 amide bonds. The smallest absolute Gasteiger partial charge is 0.152 e. The maximum Gasteiger partial charge on any atom is 0.152 e. The lowest BCUT2D eigenvalue weighted by molar-refractivity contribution is -0.112. The summed E-state index contributed by atoms with van der Waals surface area (Å²) < 4.78 is 0. The SMILES string of the molecule is CC(=O)/C=C/c1ccc(C)cc1C. The lowest BCUT2D eigenvalue weighted by atomic mass is 10.1. The van der Waals surface area contributed by atoms with E-state index in [9.17, 15) is 4.79 Å². The number of carbonyl (C=O) groups is 1. The van der Waals surface area contributed by atoms with Crippen molar-refractivity contribution in [3.8, 4) is 0 Å². The standard InChI is InChI=1S/C12H14O/c1-9-4-6-12(10(2)8-9)7-5-11(3)13/h4-8H,1-3H3/b7-5+. The minimum Gasteiger partial charge on any atom is -0.295 e. The first-order valence-corrected chi connectivity index (χ1v) is 4.35. The molecule has 68 valence electrons. The van der Waals surface area contributed by atoms with E-state index in [2.05, 4.69) is 13.0 Å². The molecular formula is C12H14O. The van der Waals surface area contributed by atoms with Crippen LogP contribution in [0.15, 0.2) is 24.3 Å². The van der Waals surface area contributed by atoms with Gasteiger partial charge in [0.25, 0.3) is 0 Å². The van der Waals surface area contributed by atoms with Crippen LogP contribution in [0.3, 0.4) is 0 Å². The van der Waals surface area contributed by atoms with E-state index in [4.69, 9.17) is 0 Å². The Morgan fingerprint density at radius 2 is 2.00 bits per heavy atom. The molecule has 13 heavy (non-hydrogen) atoms. The molecule has 0 N–H and O–H groups in total. The molecule has 0 saturated heterocycles. The summed E-state index contributed by atoms with van der Waals surface area (Å²) >= 11 is 0. The Morgan fingerprint density at radius 1 is 1.31 bits per heavy atom. The van der Waals surface area contributed by atoms with E-state index in [1.807, 2.05) is 25.1 Å². The lowest BCUT2D eigenvalue weighted by Gasteiger charge is -2.00. The van der Waals surface area contributed by atoms with Crippen molar-refractivity contribution in [1.29, 1.82) is 0 Å². The molecule has 0 unspecified atom stereocenters. The first kappa shape index (κ1) is 9.72. The first-order chi connectivity index (χ1) is 6.09.